The molecule has 0 bridgehead atoms. The number of para-hydroxylation sites is 2. The Morgan fingerprint density at radius 3 is 1.62 bits per heavy atom. The Hall–Kier alpha value is -4.72. The third-order valence-electron chi connectivity index (χ3n) is 15.8. The molecule has 0 radical (unpaired) electrons. The van der Waals surface area contributed by atoms with Gasteiger partial charge in [-0.25, -0.2) is 14.5 Å². The van der Waals surface area contributed by atoms with Crippen LogP contribution in [-0.2, 0) is 43.8 Å². The van der Waals surface area contributed by atoms with Gasteiger partial charge < -0.3 is 19.0 Å². The molecule has 0 aliphatic rings. The minimum atomic E-state index is -3.06. The summed E-state index contributed by atoms with van der Waals surface area (Å²) in [7, 11) is 20.0. The minimum absolute atomic E-state index is 0. The Kier molecular flexibility index (Phi) is 20.0. The van der Waals surface area contributed by atoms with Gasteiger partial charge in [-0.2, -0.15) is 22.3 Å². The van der Waals surface area contributed by atoms with E-state index in [1.807, 2.05) is 90.0 Å². The van der Waals surface area contributed by atoms with E-state index in [1.54, 1.807) is 6.20 Å². The van der Waals surface area contributed by atoms with E-state index in [9.17, 15) is 0 Å². The first kappa shape index (κ1) is 67.3. The van der Waals surface area contributed by atoms with Crippen molar-refractivity contribution in [3.8, 4) is 34.8 Å². The Balaban J connectivity index is 0.000000160. The summed E-state index contributed by atoms with van der Waals surface area (Å²) >= 11 is -0.556. The monoisotopic (exact) mass is 1700 g/mol. The van der Waals surface area contributed by atoms with Crippen LogP contribution >= 0.6 is 37.7 Å². The normalized spacial score (nSPS) is 12.1. The minimum Gasteiger partial charge on any atom is 2.00 e. The Morgan fingerprint density at radius 2 is 0.967 bits per heavy atom. The quantitative estimate of drug-likeness (QED) is 0.0908. The molecule has 5 aromatic carbocycles. The van der Waals surface area contributed by atoms with Crippen LogP contribution in [0.1, 0.15) is 64.1 Å². The number of aromatic nitrogens is 11. The molecule has 456 valence electrons. The molecule has 16 rings (SSSR count). The van der Waals surface area contributed by atoms with Gasteiger partial charge >= 0.3 is 134 Å². The summed E-state index contributed by atoms with van der Waals surface area (Å²) in [6, 6.07) is 62.7. The molecular formula is C71H55Cl4K2N11O2Pt2. The largest absolute Gasteiger partial charge is 2.00 e. The van der Waals surface area contributed by atoms with Crippen molar-refractivity contribution in [1.82, 2.24) is 53.3 Å². The predicted molar refractivity (Wildman–Crippen MR) is 371 cm³/mol. The van der Waals surface area contributed by atoms with E-state index in [2.05, 4.69) is 193 Å². The van der Waals surface area contributed by atoms with Crippen molar-refractivity contribution in [3.63, 3.8) is 0 Å². The molecule has 13 nitrogen and oxygen atoms in total. The van der Waals surface area contributed by atoms with Gasteiger partial charge in [0, 0.05) is 63.7 Å². The van der Waals surface area contributed by atoms with Gasteiger partial charge in [-0.15, -0.1) is 17.5 Å². The average molecular weight is 1700 g/mol. The van der Waals surface area contributed by atoms with Crippen LogP contribution in [0.15, 0.2) is 189 Å². The van der Waals surface area contributed by atoms with E-state index in [1.165, 1.54) is 79.7 Å². The summed E-state index contributed by atoms with van der Waals surface area (Å²) in [5.74, 6) is 4.28. The van der Waals surface area contributed by atoms with Crippen LogP contribution in [0, 0.1) is 26.0 Å². The standard InChI is InChI=1S/C36H29N5O.C35H26N6O.4ClH.2K.2Pt/c1-22-18-33-29-20-24(12-14-28(29)35-31(41(33)39-22)10-7-16-38-35)42-25-11-13-27-26-8-5-6-9-30(26)40(32(27)21-25)34-19-23(15-17-37-34)36(2,3)4;1-21-18-30-34-26(33-28(41(30)39-21)10-7-16-37-33)13-14-32(38-34)42-23-11-12-25-24-8-5-6-9-27(24)40(29(25)20-23)31-19-22(15-17-36-31)35(2,3)4;;;;;;;;/h5-21H,1-4H3;5-17,19H,1-4H3;4*1H;;;;/q;-2;;;;;;;+2;+4/p-4. The first-order valence-corrected chi connectivity index (χ1v) is 56.9. The van der Waals surface area contributed by atoms with Crippen LogP contribution in [0.25, 0.3) is 110 Å². The fourth-order valence-corrected chi connectivity index (χ4v) is 11.8. The van der Waals surface area contributed by atoms with Gasteiger partial charge in [0.05, 0.1) is 44.3 Å². The molecule has 0 saturated carbocycles. The zero-order valence-corrected chi connectivity index (χ0v) is 65.6. The first-order valence-electron chi connectivity index (χ1n) is 29.6. The Bertz CT molecular complexity index is 5170. The van der Waals surface area contributed by atoms with Gasteiger partial charge in [-0.1, -0.05) is 106 Å². The maximum absolute atomic E-state index is 6.54. The van der Waals surface area contributed by atoms with Gasteiger partial charge in [-0.3, -0.25) is 19.1 Å². The SMILES string of the molecule is Cc1[c-]c2c3nc(Oc4[c-]c5c(cc4)c4ccccc4n5-c4cc(C(C)(C)C)ccn4)ccc3c3ncccc3n2n1.Cc1cc2c3cc(Oc4ccc5c6ccccc6n(-c6cc(C(C)(C)C)ccn6)c5c4)ccc3c3ncccc3n2n1.[Cl][Pt]([Cl])([Cl])[Cl].[K][K].[Pt+2]. The summed E-state index contributed by atoms with van der Waals surface area (Å²) in [6.45, 7) is 17.3. The van der Waals surface area contributed by atoms with E-state index >= 15 is 0 Å². The molecule has 0 fully saturated rings. The summed E-state index contributed by atoms with van der Waals surface area (Å²) < 4.78 is 21.1. The van der Waals surface area contributed by atoms with E-state index < -0.39 is 11.9 Å². The Labute approximate surface area is 609 Å². The van der Waals surface area contributed by atoms with Crippen molar-refractivity contribution in [2.24, 2.45) is 0 Å². The second-order valence-electron chi connectivity index (χ2n) is 23.8. The number of nitrogens with zero attached hydrogens (tertiary/aromatic N) is 11. The number of hydrogen-bond acceptors (Lipinski definition) is 9. The predicted octanol–water partition coefficient (Wildman–Crippen LogP) is 18.8. The molecule has 0 saturated heterocycles. The fourth-order valence-electron chi connectivity index (χ4n) is 11.8. The number of aryl methyl sites for hydroxylation is 2. The Morgan fingerprint density at radius 1 is 0.435 bits per heavy atom. The molecule has 16 aromatic rings. The molecule has 0 spiro atoms. The zero-order valence-electron chi connectivity index (χ0n) is 51.8. The van der Waals surface area contributed by atoms with Crippen LogP contribution in [0.2, 0.25) is 0 Å². The van der Waals surface area contributed by atoms with Crippen LogP contribution < -0.4 is 9.47 Å². The van der Waals surface area contributed by atoms with Crippen LogP contribution in [0.4, 0.5) is 0 Å². The molecule has 92 heavy (non-hydrogen) atoms. The summed E-state index contributed by atoms with van der Waals surface area (Å²) in [5.41, 5.74) is 14.6. The third kappa shape index (κ3) is 13.6. The van der Waals surface area contributed by atoms with Crippen molar-refractivity contribution in [3.05, 3.63) is 223 Å². The van der Waals surface area contributed by atoms with Crippen molar-refractivity contribution < 1.29 is 42.4 Å². The number of fused-ring (bicyclic) bond motifs is 18. The topological polar surface area (TPSA) is 127 Å². The number of ether oxygens (including phenoxy) is 2. The van der Waals surface area contributed by atoms with Crippen LogP contribution in [-0.4, -0.2) is 116 Å². The first-order chi connectivity index (χ1) is 43.7. The average Bonchev–Trinajstić information content (AvgIpc) is 1.63. The van der Waals surface area contributed by atoms with Crippen molar-refractivity contribution >= 4 is 199 Å². The number of benzene rings is 5. The van der Waals surface area contributed by atoms with Gasteiger partial charge in [0.1, 0.15) is 23.1 Å². The van der Waals surface area contributed by atoms with Crippen molar-refractivity contribution in [2.75, 3.05) is 0 Å². The molecule has 0 amide bonds. The van der Waals surface area contributed by atoms with Gasteiger partial charge in [-0.05, 0) is 150 Å². The molecule has 0 unspecified atom stereocenters. The molecule has 11 heterocycles. The maximum atomic E-state index is 6.54. The molecule has 21 heteroatoms. The molecule has 0 aliphatic carbocycles. The summed E-state index contributed by atoms with van der Waals surface area (Å²) in [6.07, 6.45) is 7.40. The van der Waals surface area contributed by atoms with Crippen molar-refractivity contribution in [2.45, 2.75) is 66.2 Å². The van der Waals surface area contributed by atoms with E-state index in [0.29, 0.717) is 11.6 Å². The number of pyridine rings is 7. The van der Waals surface area contributed by atoms with Gasteiger partial charge in [0.15, 0.2) is 5.88 Å². The second-order valence-corrected chi connectivity index (χ2v) is 43.5. The van der Waals surface area contributed by atoms with E-state index in [4.69, 9.17) is 67.2 Å². The third-order valence-corrected chi connectivity index (χ3v) is 15.8. The summed E-state index contributed by atoms with van der Waals surface area (Å²) in [4.78, 5) is 23.8. The number of hydrogen-bond donors (Lipinski definition) is 0. The molecular weight excluding hydrogens is 1650 g/mol. The molecule has 0 atom stereocenters. The van der Waals surface area contributed by atoms with Gasteiger partial charge in [0.2, 0.25) is 0 Å². The number of halogens is 4. The molecule has 0 aliphatic heterocycles. The maximum Gasteiger partial charge on any atom is 2.00 e. The summed E-state index contributed by atoms with van der Waals surface area (Å²) in [5, 5.41) is 17.0. The number of rotatable bonds is 6. The fraction of sp³-hybridized carbons (Fsp3) is 0.141. The van der Waals surface area contributed by atoms with E-state index in [-0.39, 0.29) is 31.9 Å². The van der Waals surface area contributed by atoms with Crippen LogP contribution in [0.5, 0.6) is 23.1 Å². The molecule has 11 aromatic heterocycles. The zero-order chi connectivity index (χ0) is 63.7. The smallest absolute Gasteiger partial charge is 2.00 e. The van der Waals surface area contributed by atoms with Crippen molar-refractivity contribution in [1.29, 1.82) is 0 Å². The molecule has 0 N–H and O–H groups in total. The second kappa shape index (κ2) is 27.4. The van der Waals surface area contributed by atoms with Gasteiger partial charge in [0.25, 0.3) is 0 Å². The van der Waals surface area contributed by atoms with Crippen LogP contribution in [0.3, 0.4) is 0 Å². The van der Waals surface area contributed by atoms with E-state index in [0.717, 1.165) is 128 Å².